The van der Waals surface area contributed by atoms with Crippen molar-refractivity contribution in [2.75, 3.05) is 13.2 Å². The van der Waals surface area contributed by atoms with Gasteiger partial charge in [-0.2, -0.15) is 0 Å². The molecule has 0 saturated heterocycles. The first-order valence-electron chi connectivity index (χ1n) is 13.8. The van der Waals surface area contributed by atoms with Crippen molar-refractivity contribution in [3.8, 4) is 44.9 Å². The van der Waals surface area contributed by atoms with Gasteiger partial charge >= 0.3 is 5.63 Å². The van der Waals surface area contributed by atoms with Crippen molar-refractivity contribution < 1.29 is 13.9 Å². The van der Waals surface area contributed by atoms with Gasteiger partial charge in [0.2, 0.25) is 0 Å². The average Bonchev–Trinajstić information content (AvgIpc) is 3.35. The Labute approximate surface area is 232 Å². The van der Waals surface area contributed by atoms with Crippen LogP contribution in [0.2, 0.25) is 0 Å². The zero-order valence-corrected chi connectivity index (χ0v) is 22.5. The first-order valence-corrected chi connectivity index (χ1v) is 13.8. The van der Waals surface area contributed by atoms with E-state index in [1.54, 1.807) is 6.07 Å². The third-order valence-electron chi connectivity index (χ3n) is 7.74. The minimum absolute atomic E-state index is 0.380. The van der Waals surface area contributed by atoms with Gasteiger partial charge in [-0.25, -0.2) is 4.79 Å². The van der Waals surface area contributed by atoms with Crippen LogP contribution >= 0.6 is 0 Å². The van der Waals surface area contributed by atoms with Gasteiger partial charge in [-0.1, -0.05) is 78.9 Å². The molecule has 4 heteroatoms. The minimum Gasteiger partial charge on any atom is -0.494 e. The molecule has 196 valence electrons. The van der Waals surface area contributed by atoms with Crippen LogP contribution in [0.15, 0.2) is 106 Å². The predicted octanol–water partition coefficient (Wildman–Crippen LogP) is 8.65. The highest BCUT2D eigenvalue weighted by Gasteiger charge is 2.27. The summed E-state index contributed by atoms with van der Waals surface area (Å²) in [7, 11) is 0. The molecule has 0 bridgehead atoms. The fraction of sp³-hybridized carbons (Fsp3) is 0.139. The molecule has 7 rings (SSSR count). The topological polar surface area (TPSA) is 48.7 Å². The molecule has 5 aromatic carbocycles. The van der Waals surface area contributed by atoms with Gasteiger partial charge in [-0.15, -0.1) is 0 Å². The van der Waals surface area contributed by atoms with Crippen molar-refractivity contribution in [1.29, 1.82) is 0 Å². The normalized spacial score (nSPS) is 11.9. The van der Waals surface area contributed by atoms with Gasteiger partial charge in [0.1, 0.15) is 17.1 Å². The maximum absolute atomic E-state index is 13.8. The zero-order chi connectivity index (χ0) is 27.2. The third-order valence-corrected chi connectivity index (χ3v) is 7.74. The second kappa shape index (κ2) is 9.73. The van der Waals surface area contributed by atoms with E-state index in [0.717, 1.165) is 50.4 Å². The lowest BCUT2D eigenvalue weighted by Gasteiger charge is -2.17. The Kier molecular flexibility index (Phi) is 5.89. The van der Waals surface area contributed by atoms with Crippen molar-refractivity contribution in [3.63, 3.8) is 0 Å². The molecule has 0 radical (unpaired) electrons. The molecule has 0 N–H and O–H groups in total. The molecule has 0 spiro atoms. The largest absolute Gasteiger partial charge is 0.494 e. The number of ether oxygens (including phenoxy) is 2. The van der Waals surface area contributed by atoms with Crippen molar-refractivity contribution in [3.05, 3.63) is 119 Å². The summed E-state index contributed by atoms with van der Waals surface area (Å²) in [5.74, 6) is 1.25. The van der Waals surface area contributed by atoms with E-state index in [1.807, 2.05) is 26.0 Å². The highest BCUT2D eigenvalue weighted by Crippen LogP contribution is 2.47. The molecule has 0 amide bonds. The van der Waals surface area contributed by atoms with Crippen LogP contribution in [-0.4, -0.2) is 13.2 Å². The highest BCUT2D eigenvalue weighted by atomic mass is 16.5. The van der Waals surface area contributed by atoms with Gasteiger partial charge in [0.05, 0.1) is 24.2 Å². The second-order valence-electron chi connectivity index (χ2n) is 10.0. The highest BCUT2D eigenvalue weighted by molar-refractivity contribution is 6.03. The standard InChI is InChI=1S/C36H28O4/c1-3-38-24-19-33(39-4-2)31-21-32(36(37)40-34(31)20-24)35-29(27-15-9-12-22-10-5-7-13-25(22)27)17-16-28-26-14-8-6-11-23(26)18-30(28)35/h5-17,19-21H,3-4,18H2,1-2H3. The summed E-state index contributed by atoms with van der Waals surface area (Å²) in [6, 6.07) is 33.1. The van der Waals surface area contributed by atoms with Gasteiger partial charge in [0.15, 0.2) is 0 Å². The Morgan fingerprint density at radius 3 is 2.30 bits per heavy atom. The van der Waals surface area contributed by atoms with Crippen LogP contribution in [0.4, 0.5) is 0 Å². The van der Waals surface area contributed by atoms with E-state index in [9.17, 15) is 4.79 Å². The lowest BCUT2D eigenvalue weighted by molar-refractivity contribution is 0.325. The van der Waals surface area contributed by atoms with Gasteiger partial charge < -0.3 is 13.9 Å². The average molecular weight is 525 g/mol. The minimum atomic E-state index is -0.380. The number of fused-ring (bicyclic) bond motifs is 5. The smallest absolute Gasteiger partial charge is 0.344 e. The molecule has 1 aliphatic rings. The first-order chi connectivity index (χ1) is 19.7. The molecular formula is C36H28O4. The third kappa shape index (κ3) is 3.87. The molecule has 0 aliphatic heterocycles. The fourth-order valence-electron chi connectivity index (χ4n) is 6.06. The molecule has 1 aliphatic carbocycles. The van der Waals surface area contributed by atoms with Gasteiger partial charge in [0, 0.05) is 17.7 Å². The summed E-state index contributed by atoms with van der Waals surface area (Å²) in [6.07, 6.45) is 0.749. The summed E-state index contributed by atoms with van der Waals surface area (Å²) in [5, 5.41) is 3.04. The van der Waals surface area contributed by atoms with Crippen LogP contribution in [0, 0.1) is 0 Å². The lowest BCUT2D eigenvalue weighted by Crippen LogP contribution is -2.07. The van der Waals surface area contributed by atoms with Crippen LogP contribution in [0.3, 0.4) is 0 Å². The van der Waals surface area contributed by atoms with E-state index in [1.165, 1.54) is 11.1 Å². The van der Waals surface area contributed by atoms with Crippen LogP contribution < -0.4 is 15.1 Å². The number of hydrogen-bond donors (Lipinski definition) is 0. The van der Waals surface area contributed by atoms with Crippen molar-refractivity contribution in [2.24, 2.45) is 0 Å². The van der Waals surface area contributed by atoms with Crippen LogP contribution in [0.1, 0.15) is 25.0 Å². The van der Waals surface area contributed by atoms with Gasteiger partial charge in [-0.05, 0) is 70.5 Å². The second-order valence-corrected chi connectivity index (χ2v) is 10.0. The first kappa shape index (κ1) is 24.2. The summed E-state index contributed by atoms with van der Waals surface area (Å²) in [6.45, 7) is 4.85. The molecule has 1 heterocycles. The van der Waals surface area contributed by atoms with Crippen LogP contribution in [0.5, 0.6) is 11.5 Å². The predicted molar refractivity (Wildman–Crippen MR) is 161 cm³/mol. The molecule has 1 aromatic heterocycles. The maximum Gasteiger partial charge on any atom is 0.344 e. The van der Waals surface area contributed by atoms with Gasteiger partial charge in [-0.3, -0.25) is 0 Å². The van der Waals surface area contributed by atoms with E-state index in [-0.39, 0.29) is 5.63 Å². The summed E-state index contributed by atoms with van der Waals surface area (Å²) in [4.78, 5) is 13.8. The molecule has 0 atom stereocenters. The van der Waals surface area contributed by atoms with Crippen molar-refractivity contribution in [1.82, 2.24) is 0 Å². The van der Waals surface area contributed by atoms with Gasteiger partial charge in [0.25, 0.3) is 0 Å². The number of rotatable bonds is 6. The Morgan fingerprint density at radius 1 is 0.675 bits per heavy atom. The Morgan fingerprint density at radius 2 is 1.43 bits per heavy atom. The molecule has 0 saturated carbocycles. The zero-order valence-electron chi connectivity index (χ0n) is 22.5. The number of hydrogen-bond acceptors (Lipinski definition) is 4. The van der Waals surface area contributed by atoms with E-state index in [4.69, 9.17) is 13.9 Å². The summed E-state index contributed by atoms with van der Waals surface area (Å²) < 4.78 is 17.8. The molecule has 6 aromatic rings. The molecule has 4 nitrogen and oxygen atoms in total. The monoisotopic (exact) mass is 524 g/mol. The van der Waals surface area contributed by atoms with E-state index in [2.05, 4.69) is 78.9 Å². The summed E-state index contributed by atoms with van der Waals surface area (Å²) >= 11 is 0. The van der Waals surface area contributed by atoms with Crippen LogP contribution in [0.25, 0.3) is 55.1 Å². The quantitative estimate of drug-likeness (QED) is 0.204. The van der Waals surface area contributed by atoms with Crippen LogP contribution in [-0.2, 0) is 6.42 Å². The van der Waals surface area contributed by atoms with Crippen molar-refractivity contribution >= 4 is 21.7 Å². The molecule has 0 unspecified atom stereocenters. The number of benzene rings is 5. The Bertz CT molecular complexity index is 1980. The molecule has 0 fully saturated rings. The molecule has 40 heavy (non-hydrogen) atoms. The SMILES string of the molecule is CCOc1cc(OCC)c2cc(-c3c(-c4cccc5ccccc45)ccc4c3Cc3ccccc3-4)c(=O)oc2c1. The van der Waals surface area contributed by atoms with E-state index in [0.29, 0.717) is 35.9 Å². The maximum atomic E-state index is 13.8. The van der Waals surface area contributed by atoms with E-state index < -0.39 is 0 Å². The summed E-state index contributed by atoms with van der Waals surface area (Å²) in [5.41, 5.74) is 8.39. The Hall–Kier alpha value is -4.83. The lowest BCUT2D eigenvalue weighted by atomic mass is 9.86. The fourth-order valence-corrected chi connectivity index (χ4v) is 6.06. The Balaban J connectivity index is 1.56. The molecular weight excluding hydrogens is 496 g/mol. The van der Waals surface area contributed by atoms with E-state index >= 15 is 0 Å². The van der Waals surface area contributed by atoms with Crippen molar-refractivity contribution in [2.45, 2.75) is 20.3 Å².